The molecule has 1 aromatic carbocycles. The van der Waals surface area contributed by atoms with Crippen LogP contribution in [0.25, 0.3) is 0 Å². The number of halogens is 1. The van der Waals surface area contributed by atoms with Crippen LogP contribution in [0.2, 0.25) is 0 Å². The van der Waals surface area contributed by atoms with Gasteiger partial charge in [-0.25, -0.2) is 4.98 Å². The Kier molecular flexibility index (Phi) is 4.32. The Morgan fingerprint density at radius 3 is 2.63 bits per heavy atom. The average molecular weight is 319 g/mol. The van der Waals surface area contributed by atoms with Crippen LogP contribution in [0.1, 0.15) is 35.7 Å². The monoisotopic (exact) mass is 318 g/mol. The number of aromatic nitrogens is 1. The first kappa shape index (κ1) is 13.7. The molecule has 3 nitrogen and oxygen atoms in total. The highest BCUT2D eigenvalue weighted by Gasteiger charge is 2.13. The number of rotatable bonds is 3. The summed E-state index contributed by atoms with van der Waals surface area (Å²) in [6.07, 6.45) is 1.64. The van der Waals surface area contributed by atoms with Crippen LogP contribution in [0.15, 0.2) is 47.2 Å². The Labute approximate surface area is 121 Å². The van der Waals surface area contributed by atoms with Crippen molar-refractivity contribution in [1.82, 2.24) is 4.98 Å². The number of benzene rings is 1. The number of carbonyl (C=O) groups excluding carboxylic acids is 1. The van der Waals surface area contributed by atoms with Crippen molar-refractivity contribution < 1.29 is 4.79 Å². The molecule has 0 saturated carbocycles. The Balaban J connectivity index is 2.27. The van der Waals surface area contributed by atoms with Gasteiger partial charge in [0.25, 0.3) is 5.91 Å². The molecule has 1 aromatic heterocycles. The maximum absolute atomic E-state index is 12.2. The number of hydrogen-bond donors (Lipinski definition) is 1. The molecule has 0 unspecified atom stereocenters. The van der Waals surface area contributed by atoms with Gasteiger partial charge >= 0.3 is 0 Å². The van der Waals surface area contributed by atoms with E-state index in [2.05, 4.69) is 40.1 Å². The second-order valence-electron chi connectivity index (χ2n) is 4.54. The lowest BCUT2D eigenvalue weighted by Gasteiger charge is -2.13. The second kappa shape index (κ2) is 5.97. The maximum Gasteiger partial charge on any atom is 0.258 e. The summed E-state index contributed by atoms with van der Waals surface area (Å²) in [5.74, 6) is 0.196. The van der Waals surface area contributed by atoms with Crippen LogP contribution in [0.5, 0.6) is 0 Å². The summed E-state index contributed by atoms with van der Waals surface area (Å²) < 4.78 is 0.550. The molecule has 0 spiro atoms. The van der Waals surface area contributed by atoms with Crippen molar-refractivity contribution in [2.24, 2.45) is 0 Å². The molecule has 0 saturated heterocycles. The summed E-state index contributed by atoms with van der Waals surface area (Å²) in [7, 11) is 0. The van der Waals surface area contributed by atoms with Crippen LogP contribution < -0.4 is 5.32 Å². The van der Waals surface area contributed by atoms with Crippen LogP contribution in [-0.2, 0) is 0 Å². The molecule has 0 aliphatic heterocycles. The van der Waals surface area contributed by atoms with Crippen molar-refractivity contribution in [2.45, 2.75) is 19.8 Å². The van der Waals surface area contributed by atoms with Crippen molar-refractivity contribution in [3.05, 3.63) is 58.3 Å². The van der Waals surface area contributed by atoms with E-state index in [-0.39, 0.29) is 5.91 Å². The topological polar surface area (TPSA) is 42.0 Å². The molecular formula is C15H15BrN2O. The predicted octanol–water partition coefficient (Wildman–Crippen LogP) is 4.22. The highest BCUT2D eigenvalue weighted by atomic mass is 79.9. The van der Waals surface area contributed by atoms with Crippen molar-refractivity contribution in [3.8, 4) is 0 Å². The minimum Gasteiger partial charge on any atom is -0.322 e. The lowest BCUT2D eigenvalue weighted by molar-refractivity contribution is 0.102. The van der Waals surface area contributed by atoms with Crippen LogP contribution in [0.4, 0.5) is 5.69 Å². The van der Waals surface area contributed by atoms with Gasteiger partial charge in [-0.3, -0.25) is 4.79 Å². The second-order valence-corrected chi connectivity index (χ2v) is 5.29. The quantitative estimate of drug-likeness (QED) is 0.861. The van der Waals surface area contributed by atoms with Gasteiger partial charge in [0.1, 0.15) is 4.60 Å². The molecule has 1 heterocycles. The van der Waals surface area contributed by atoms with Gasteiger partial charge in [0, 0.05) is 11.9 Å². The summed E-state index contributed by atoms with van der Waals surface area (Å²) in [5, 5.41) is 2.94. The van der Waals surface area contributed by atoms with Crippen LogP contribution in [0, 0.1) is 0 Å². The molecule has 4 heteroatoms. The third-order valence-corrected chi connectivity index (χ3v) is 3.47. The number of para-hydroxylation sites is 1. The maximum atomic E-state index is 12.2. The van der Waals surface area contributed by atoms with Gasteiger partial charge in [-0.2, -0.15) is 0 Å². The molecule has 0 fully saturated rings. The Morgan fingerprint density at radius 1 is 1.21 bits per heavy atom. The molecule has 0 atom stereocenters. The van der Waals surface area contributed by atoms with E-state index in [0.29, 0.717) is 16.1 Å². The van der Waals surface area contributed by atoms with E-state index in [1.165, 1.54) is 0 Å². The summed E-state index contributed by atoms with van der Waals surface area (Å²) in [5.41, 5.74) is 2.50. The molecule has 0 bridgehead atoms. The summed E-state index contributed by atoms with van der Waals surface area (Å²) in [6, 6.07) is 11.3. The van der Waals surface area contributed by atoms with Gasteiger partial charge in [-0.15, -0.1) is 0 Å². The van der Waals surface area contributed by atoms with E-state index in [0.717, 1.165) is 11.3 Å². The standard InChI is InChI=1S/C15H15BrN2O/c1-10(2)11-6-3-4-8-13(11)18-15(19)12-7-5-9-17-14(12)16/h3-10H,1-2H3,(H,18,19). The molecule has 1 N–H and O–H groups in total. The van der Waals surface area contributed by atoms with Gasteiger partial charge in [0.15, 0.2) is 0 Å². The fourth-order valence-electron chi connectivity index (χ4n) is 1.86. The van der Waals surface area contributed by atoms with Crippen LogP contribution in [0.3, 0.4) is 0 Å². The number of amides is 1. The van der Waals surface area contributed by atoms with Crippen molar-refractivity contribution in [1.29, 1.82) is 0 Å². The van der Waals surface area contributed by atoms with E-state index < -0.39 is 0 Å². The normalized spacial score (nSPS) is 10.5. The number of nitrogens with zero attached hydrogens (tertiary/aromatic N) is 1. The van der Waals surface area contributed by atoms with Crippen molar-refractivity contribution in [2.75, 3.05) is 5.32 Å². The molecule has 1 amide bonds. The average Bonchev–Trinajstić information content (AvgIpc) is 2.39. The SMILES string of the molecule is CC(C)c1ccccc1NC(=O)c1cccnc1Br. The third-order valence-electron chi connectivity index (χ3n) is 2.83. The Hall–Kier alpha value is -1.68. The minimum absolute atomic E-state index is 0.159. The Bertz CT molecular complexity index is 596. The first-order valence-corrected chi connectivity index (χ1v) is 6.89. The third kappa shape index (κ3) is 3.20. The summed E-state index contributed by atoms with van der Waals surface area (Å²) in [6.45, 7) is 4.20. The molecule has 0 radical (unpaired) electrons. The molecule has 0 aliphatic carbocycles. The van der Waals surface area contributed by atoms with Gasteiger partial charge in [-0.1, -0.05) is 32.0 Å². The zero-order valence-electron chi connectivity index (χ0n) is 10.9. The first-order valence-electron chi connectivity index (χ1n) is 6.10. The predicted molar refractivity (Wildman–Crippen MR) is 80.4 cm³/mol. The molecule has 2 rings (SSSR count). The van der Waals surface area contributed by atoms with Crippen molar-refractivity contribution in [3.63, 3.8) is 0 Å². The van der Waals surface area contributed by atoms with Crippen molar-refractivity contribution >= 4 is 27.5 Å². The van der Waals surface area contributed by atoms with E-state index >= 15 is 0 Å². The fraction of sp³-hybridized carbons (Fsp3) is 0.200. The molecule has 0 aliphatic rings. The van der Waals surface area contributed by atoms with Gasteiger partial charge in [0.05, 0.1) is 5.56 Å². The highest BCUT2D eigenvalue weighted by molar-refractivity contribution is 9.10. The zero-order chi connectivity index (χ0) is 13.8. The first-order chi connectivity index (χ1) is 9.09. The lowest BCUT2D eigenvalue weighted by atomic mass is 10.0. The highest BCUT2D eigenvalue weighted by Crippen LogP contribution is 2.24. The number of anilines is 1. The fourth-order valence-corrected chi connectivity index (χ4v) is 2.29. The largest absolute Gasteiger partial charge is 0.322 e. The molecule has 19 heavy (non-hydrogen) atoms. The number of hydrogen-bond acceptors (Lipinski definition) is 2. The Morgan fingerprint density at radius 2 is 1.95 bits per heavy atom. The molecular weight excluding hydrogens is 304 g/mol. The molecule has 98 valence electrons. The summed E-state index contributed by atoms with van der Waals surface area (Å²) >= 11 is 3.29. The van der Waals surface area contributed by atoms with Crippen LogP contribution in [-0.4, -0.2) is 10.9 Å². The number of carbonyl (C=O) groups is 1. The van der Waals surface area contributed by atoms with E-state index in [9.17, 15) is 4.79 Å². The summed E-state index contributed by atoms with van der Waals surface area (Å²) in [4.78, 5) is 16.3. The zero-order valence-corrected chi connectivity index (χ0v) is 12.4. The van der Waals surface area contributed by atoms with Crippen LogP contribution >= 0.6 is 15.9 Å². The smallest absolute Gasteiger partial charge is 0.258 e. The minimum atomic E-state index is -0.159. The van der Waals surface area contributed by atoms with Gasteiger partial charge in [-0.05, 0) is 45.6 Å². The van der Waals surface area contributed by atoms with E-state index in [4.69, 9.17) is 0 Å². The van der Waals surface area contributed by atoms with Gasteiger partial charge < -0.3 is 5.32 Å². The number of nitrogens with one attached hydrogen (secondary N) is 1. The van der Waals surface area contributed by atoms with E-state index in [1.807, 2.05) is 24.3 Å². The van der Waals surface area contributed by atoms with E-state index in [1.54, 1.807) is 18.3 Å². The lowest BCUT2D eigenvalue weighted by Crippen LogP contribution is -2.14. The molecule has 2 aromatic rings. The van der Waals surface area contributed by atoms with Gasteiger partial charge in [0.2, 0.25) is 0 Å². The number of pyridine rings is 1.